The van der Waals surface area contributed by atoms with Crippen LogP contribution in [0.25, 0.3) is 0 Å². The summed E-state index contributed by atoms with van der Waals surface area (Å²) in [5.74, 6) is 0.500. The summed E-state index contributed by atoms with van der Waals surface area (Å²) in [6.07, 6.45) is 6.56. The van der Waals surface area contributed by atoms with Crippen LogP contribution in [0.5, 0.6) is 0 Å². The molecule has 1 saturated carbocycles. The van der Waals surface area contributed by atoms with E-state index in [9.17, 15) is 4.79 Å². The molecule has 0 bridgehead atoms. The number of carbonyl (C=O) groups is 1. The molecule has 1 aliphatic carbocycles. The van der Waals surface area contributed by atoms with Gasteiger partial charge in [-0.3, -0.25) is 0 Å². The number of carboxylic acids is 1. The molecule has 1 fully saturated rings. The molecule has 0 aliphatic heterocycles. The third kappa shape index (κ3) is 3.09. The Bertz CT molecular complexity index is 380. The first-order chi connectivity index (χ1) is 8.16. The molecule has 0 amide bonds. The van der Waals surface area contributed by atoms with Crippen LogP contribution < -0.4 is 5.32 Å². The fourth-order valence-corrected chi connectivity index (χ4v) is 2.47. The normalized spacial score (nSPS) is 18.4. The van der Waals surface area contributed by atoms with Crippen molar-refractivity contribution in [3.05, 3.63) is 23.7 Å². The molecule has 1 aromatic rings. The first kappa shape index (κ1) is 12.2. The Kier molecular flexibility index (Phi) is 3.84. The van der Waals surface area contributed by atoms with Gasteiger partial charge in [0.05, 0.1) is 12.1 Å². The van der Waals surface area contributed by atoms with Gasteiger partial charge in [0.25, 0.3) is 0 Å². The Morgan fingerprint density at radius 3 is 2.88 bits per heavy atom. The molecular formula is C13H19NO3. The van der Waals surface area contributed by atoms with Crippen molar-refractivity contribution >= 4 is 5.97 Å². The predicted molar refractivity (Wildman–Crippen MR) is 63.9 cm³/mol. The summed E-state index contributed by atoms with van der Waals surface area (Å²) in [5, 5.41) is 12.2. The maximum absolute atomic E-state index is 10.7. The predicted octanol–water partition coefficient (Wildman–Crippen LogP) is 2.65. The number of aromatic carboxylic acids is 1. The lowest BCUT2D eigenvalue weighted by molar-refractivity contribution is 0.0696. The minimum absolute atomic E-state index is 0.218. The van der Waals surface area contributed by atoms with Crippen molar-refractivity contribution in [1.82, 2.24) is 5.32 Å². The standard InChI is InChI=1S/C13H19NO3/c1-9(10-4-2-3-5-10)14-7-12-6-11(8-17-12)13(15)16/h6,8-10,14H,2-5,7H2,1H3,(H,15,16). The number of hydrogen-bond donors (Lipinski definition) is 2. The first-order valence-corrected chi connectivity index (χ1v) is 6.21. The highest BCUT2D eigenvalue weighted by atomic mass is 16.4. The molecule has 2 rings (SSSR count). The summed E-state index contributed by atoms with van der Waals surface area (Å²) in [4.78, 5) is 10.7. The highest BCUT2D eigenvalue weighted by molar-refractivity contribution is 5.87. The monoisotopic (exact) mass is 237 g/mol. The van der Waals surface area contributed by atoms with E-state index < -0.39 is 5.97 Å². The van der Waals surface area contributed by atoms with Gasteiger partial charge in [0.2, 0.25) is 0 Å². The maximum atomic E-state index is 10.7. The molecule has 94 valence electrons. The molecule has 0 radical (unpaired) electrons. The van der Waals surface area contributed by atoms with Crippen LogP contribution in [0.15, 0.2) is 16.7 Å². The molecule has 1 heterocycles. The van der Waals surface area contributed by atoms with E-state index in [1.807, 2.05) is 0 Å². The van der Waals surface area contributed by atoms with E-state index >= 15 is 0 Å². The fraction of sp³-hybridized carbons (Fsp3) is 0.615. The molecule has 0 saturated heterocycles. The van der Waals surface area contributed by atoms with Gasteiger partial charge in [-0.1, -0.05) is 12.8 Å². The molecule has 4 heteroatoms. The zero-order valence-corrected chi connectivity index (χ0v) is 10.1. The van der Waals surface area contributed by atoms with Crippen LogP contribution in [0.2, 0.25) is 0 Å². The average Bonchev–Trinajstić information content (AvgIpc) is 2.97. The van der Waals surface area contributed by atoms with Crippen LogP contribution in [-0.2, 0) is 6.54 Å². The summed E-state index contributed by atoms with van der Waals surface area (Å²) in [6, 6.07) is 2.05. The minimum atomic E-state index is -0.941. The third-order valence-electron chi connectivity index (χ3n) is 3.61. The lowest BCUT2D eigenvalue weighted by Gasteiger charge is -2.19. The van der Waals surface area contributed by atoms with Gasteiger partial charge >= 0.3 is 5.97 Å². The van der Waals surface area contributed by atoms with Crippen molar-refractivity contribution in [3.63, 3.8) is 0 Å². The van der Waals surface area contributed by atoms with Gasteiger partial charge < -0.3 is 14.8 Å². The van der Waals surface area contributed by atoms with Crippen LogP contribution in [0.3, 0.4) is 0 Å². The van der Waals surface area contributed by atoms with Crippen molar-refractivity contribution in [2.45, 2.75) is 45.2 Å². The quantitative estimate of drug-likeness (QED) is 0.826. The molecule has 0 aromatic carbocycles. The molecule has 1 aliphatic rings. The van der Waals surface area contributed by atoms with E-state index in [-0.39, 0.29) is 5.56 Å². The Morgan fingerprint density at radius 2 is 2.29 bits per heavy atom. The van der Waals surface area contributed by atoms with Crippen molar-refractivity contribution in [2.24, 2.45) is 5.92 Å². The summed E-state index contributed by atoms with van der Waals surface area (Å²) in [5.41, 5.74) is 0.218. The van der Waals surface area contributed by atoms with Gasteiger partial charge in [-0.05, 0) is 31.7 Å². The zero-order chi connectivity index (χ0) is 12.3. The van der Waals surface area contributed by atoms with Gasteiger partial charge in [-0.25, -0.2) is 4.79 Å². The van der Waals surface area contributed by atoms with Crippen molar-refractivity contribution in [2.75, 3.05) is 0 Å². The van der Waals surface area contributed by atoms with E-state index in [1.54, 1.807) is 6.07 Å². The summed E-state index contributed by atoms with van der Waals surface area (Å²) < 4.78 is 5.20. The molecule has 0 spiro atoms. The van der Waals surface area contributed by atoms with Crippen LogP contribution in [0.1, 0.15) is 48.7 Å². The number of rotatable bonds is 5. The smallest absolute Gasteiger partial charge is 0.338 e. The number of carboxylic acid groups (broad SMARTS) is 1. The van der Waals surface area contributed by atoms with E-state index in [0.29, 0.717) is 18.3 Å². The highest BCUT2D eigenvalue weighted by Gasteiger charge is 2.21. The van der Waals surface area contributed by atoms with E-state index in [0.717, 1.165) is 5.92 Å². The highest BCUT2D eigenvalue weighted by Crippen LogP contribution is 2.27. The molecule has 17 heavy (non-hydrogen) atoms. The largest absolute Gasteiger partial charge is 0.478 e. The van der Waals surface area contributed by atoms with Gasteiger partial charge in [-0.2, -0.15) is 0 Å². The molecule has 1 atom stereocenters. The average molecular weight is 237 g/mol. The van der Waals surface area contributed by atoms with Crippen LogP contribution in [0.4, 0.5) is 0 Å². The second kappa shape index (κ2) is 5.36. The van der Waals surface area contributed by atoms with Crippen molar-refractivity contribution < 1.29 is 14.3 Å². The molecule has 2 N–H and O–H groups in total. The maximum Gasteiger partial charge on any atom is 0.338 e. The fourth-order valence-electron chi connectivity index (χ4n) is 2.47. The summed E-state index contributed by atoms with van der Waals surface area (Å²) in [6.45, 7) is 2.79. The summed E-state index contributed by atoms with van der Waals surface area (Å²) in [7, 11) is 0. The topological polar surface area (TPSA) is 62.5 Å². The van der Waals surface area contributed by atoms with Crippen LogP contribution in [0, 0.1) is 5.92 Å². The van der Waals surface area contributed by atoms with Gasteiger partial charge in [0, 0.05) is 6.04 Å². The van der Waals surface area contributed by atoms with Gasteiger partial charge in [-0.15, -0.1) is 0 Å². The lowest BCUT2D eigenvalue weighted by atomic mass is 10.00. The van der Waals surface area contributed by atoms with E-state index in [2.05, 4.69) is 12.2 Å². The molecular weight excluding hydrogens is 218 g/mol. The zero-order valence-electron chi connectivity index (χ0n) is 10.1. The number of nitrogens with one attached hydrogen (secondary N) is 1. The SMILES string of the molecule is CC(NCc1cc(C(=O)O)co1)C1CCCC1. The van der Waals surface area contributed by atoms with Crippen LogP contribution >= 0.6 is 0 Å². The first-order valence-electron chi connectivity index (χ1n) is 6.21. The molecule has 1 unspecified atom stereocenters. The lowest BCUT2D eigenvalue weighted by Crippen LogP contribution is -2.31. The Labute approximate surface area is 101 Å². The van der Waals surface area contributed by atoms with Crippen molar-refractivity contribution in [1.29, 1.82) is 0 Å². The van der Waals surface area contributed by atoms with Crippen LogP contribution in [-0.4, -0.2) is 17.1 Å². The number of hydrogen-bond acceptors (Lipinski definition) is 3. The van der Waals surface area contributed by atoms with Crippen molar-refractivity contribution in [3.8, 4) is 0 Å². The third-order valence-corrected chi connectivity index (χ3v) is 3.61. The molecule has 1 aromatic heterocycles. The summed E-state index contributed by atoms with van der Waals surface area (Å²) >= 11 is 0. The Balaban J connectivity index is 1.82. The van der Waals surface area contributed by atoms with Gasteiger partial charge in [0.15, 0.2) is 0 Å². The van der Waals surface area contributed by atoms with E-state index in [4.69, 9.17) is 9.52 Å². The Hall–Kier alpha value is -1.29. The second-order valence-corrected chi connectivity index (χ2v) is 4.82. The Morgan fingerprint density at radius 1 is 1.59 bits per heavy atom. The molecule has 4 nitrogen and oxygen atoms in total. The second-order valence-electron chi connectivity index (χ2n) is 4.82. The van der Waals surface area contributed by atoms with E-state index in [1.165, 1.54) is 31.9 Å². The number of furan rings is 1. The van der Waals surface area contributed by atoms with Gasteiger partial charge in [0.1, 0.15) is 12.0 Å². The minimum Gasteiger partial charge on any atom is -0.478 e.